The zero-order valence-corrected chi connectivity index (χ0v) is 11.4. The molecule has 0 radical (unpaired) electrons. The monoisotopic (exact) mass is 266 g/mol. The van der Waals surface area contributed by atoms with Crippen molar-refractivity contribution in [3.8, 4) is 5.75 Å². The van der Waals surface area contributed by atoms with Gasteiger partial charge in [-0.3, -0.25) is 4.79 Å². The molecule has 0 amide bonds. The first-order valence-electron chi connectivity index (χ1n) is 7.14. The molecule has 1 saturated carbocycles. The third-order valence-corrected chi connectivity index (χ3v) is 3.90. The van der Waals surface area contributed by atoms with Crippen molar-refractivity contribution in [2.24, 2.45) is 0 Å². The molecule has 1 fully saturated rings. The van der Waals surface area contributed by atoms with Crippen LogP contribution in [0.1, 0.15) is 41.1 Å². The lowest BCUT2D eigenvalue weighted by Gasteiger charge is -2.26. The van der Waals surface area contributed by atoms with Gasteiger partial charge in [-0.2, -0.15) is 0 Å². The summed E-state index contributed by atoms with van der Waals surface area (Å²) in [5.41, 5.74) is 2.05. The van der Waals surface area contributed by atoms with Gasteiger partial charge in [-0.05, 0) is 42.5 Å². The molecule has 102 valence electrons. The second-order valence-corrected chi connectivity index (χ2v) is 5.28. The zero-order chi connectivity index (χ0) is 13.8. The summed E-state index contributed by atoms with van der Waals surface area (Å²) in [6, 6.07) is 17.4. The minimum atomic E-state index is 0.0371. The number of ether oxygens (including phenoxy) is 1. The maximum atomic E-state index is 12.2. The van der Waals surface area contributed by atoms with E-state index in [1.807, 2.05) is 48.5 Å². The molecule has 0 heterocycles. The topological polar surface area (TPSA) is 26.3 Å². The molecule has 2 aromatic carbocycles. The molecule has 1 aliphatic carbocycles. The van der Waals surface area contributed by atoms with Crippen molar-refractivity contribution < 1.29 is 9.53 Å². The molecule has 3 rings (SSSR count). The van der Waals surface area contributed by atoms with Gasteiger partial charge < -0.3 is 4.74 Å². The standard InChI is InChI=1S/C18H18O2/c19-18(13-20-17-10-2-1-3-11-17)16-9-5-8-15(12-16)14-6-4-7-14/h1-3,5,8-12,14H,4,6-7,13H2. The fourth-order valence-corrected chi connectivity index (χ4v) is 2.46. The van der Waals surface area contributed by atoms with Gasteiger partial charge in [-0.15, -0.1) is 0 Å². The Hall–Kier alpha value is -2.09. The number of hydrogen-bond donors (Lipinski definition) is 0. The Morgan fingerprint density at radius 1 is 1.05 bits per heavy atom. The van der Waals surface area contributed by atoms with Crippen LogP contribution in [0.3, 0.4) is 0 Å². The molecular weight excluding hydrogens is 248 g/mol. The average Bonchev–Trinajstić information content (AvgIpc) is 2.44. The number of carbonyl (C=O) groups excluding carboxylic acids is 1. The van der Waals surface area contributed by atoms with Crippen LogP contribution >= 0.6 is 0 Å². The fraction of sp³-hybridized carbons (Fsp3) is 0.278. The largest absolute Gasteiger partial charge is 0.485 e. The van der Waals surface area contributed by atoms with Gasteiger partial charge in [0.1, 0.15) is 5.75 Å². The van der Waals surface area contributed by atoms with Crippen molar-refractivity contribution in [1.82, 2.24) is 0 Å². The molecule has 0 N–H and O–H groups in total. The second kappa shape index (κ2) is 5.91. The molecule has 0 atom stereocenters. The van der Waals surface area contributed by atoms with E-state index in [1.165, 1.54) is 24.8 Å². The quantitative estimate of drug-likeness (QED) is 0.757. The van der Waals surface area contributed by atoms with E-state index in [4.69, 9.17) is 4.74 Å². The first-order valence-corrected chi connectivity index (χ1v) is 7.14. The van der Waals surface area contributed by atoms with Crippen LogP contribution in [0.5, 0.6) is 5.75 Å². The Morgan fingerprint density at radius 3 is 2.55 bits per heavy atom. The van der Waals surface area contributed by atoms with Crippen LogP contribution in [0, 0.1) is 0 Å². The highest BCUT2D eigenvalue weighted by atomic mass is 16.5. The summed E-state index contributed by atoms with van der Waals surface area (Å²) in [5.74, 6) is 1.42. The van der Waals surface area contributed by atoms with E-state index in [0.29, 0.717) is 5.92 Å². The number of rotatable bonds is 5. The van der Waals surface area contributed by atoms with E-state index in [1.54, 1.807) is 0 Å². The predicted molar refractivity (Wildman–Crippen MR) is 79.3 cm³/mol. The molecule has 0 unspecified atom stereocenters. The lowest BCUT2D eigenvalue weighted by atomic mass is 9.79. The number of Topliss-reactive ketones (excluding diaryl/α,β-unsaturated/α-hetero) is 1. The SMILES string of the molecule is O=C(COc1ccccc1)c1cccc(C2CCC2)c1. The van der Waals surface area contributed by atoms with E-state index in [-0.39, 0.29) is 12.4 Å². The van der Waals surface area contributed by atoms with Crippen LogP contribution in [-0.2, 0) is 0 Å². The molecule has 0 saturated heterocycles. The maximum absolute atomic E-state index is 12.2. The van der Waals surface area contributed by atoms with Gasteiger partial charge in [0.15, 0.2) is 12.4 Å². The smallest absolute Gasteiger partial charge is 0.200 e. The summed E-state index contributed by atoms with van der Waals surface area (Å²) in [6.45, 7) is 0.0954. The van der Waals surface area contributed by atoms with Crippen LogP contribution in [-0.4, -0.2) is 12.4 Å². The van der Waals surface area contributed by atoms with E-state index in [0.717, 1.165) is 11.3 Å². The molecule has 2 heteroatoms. The van der Waals surface area contributed by atoms with Crippen LogP contribution in [0.2, 0.25) is 0 Å². The molecule has 0 aliphatic heterocycles. The van der Waals surface area contributed by atoms with E-state index in [2.05, 4.69) is 6.07 Å². The second-order valence-electron chi connectivity index (χ2n) is 5.28. The van der Waals surface area contributed by atoms with Crippen LogP contribution in [0.15, 0.2) is 54.6 Å². The Bertz CT molecular complexity index is 585. The normalized spacial score (nSPS) is 14.6. The third kappa shape index (κ3) is 2.90. The van der Waals surface area contributed by atoms with Crippen molar-refractivity contribution in [3.05, 3.63) is 65.7 Å². The number of carbonyl (C=O) groups is 1. The summed E-state index contributed by atoms with van der Waals surface area (Å²) in [4.78, 5) is 12.2. The number of benzene rings is 2. The number of hydrogen-bond acceptors (Lipinski definition) is 2. The molecule has 1 aliphatic rings. The summed E-state index contributed by atoms with van der Waals surface area (Å²) in [6.07, 6.45) is 3.80. The molecule has 0 aromatic heterocycles. The molecule has 2 aromatic rings. The van der Waals surface area contributed by atoms with E-state index < -0.39 is 0 Å². The highest BCUT2D eigenvalue weighted by molar-refractivity contribution is 5.97. The van der Waals surface area contributed by atoms with Crippen molar-refractivity contribution in [2.75, 3.05) is 6.61 Å². The van der Waals surface area contributed by atoms with Crippen molar-refractivity contribution in [3.63, 3.8) is 0 Å². The molecule has 0 spiro atoms. The minimum absolute atomic E-state index is 0.0371. The lowest BCUT2D eigenvalue weighted by Crippen LogP contribution is -2.13. The van der Waals surface area contributed by atoms with E-state index in [9.17, 15) is 4.79 Å². The van der Waals surface area contributed by atoms with Gasteiger partial charge in [0.25, 0.3) is 0 Å². The average molecular weight is 266 g/mol. The molecule has 0 bridgehead atoms. The Labute approximate surface area is 119 Å². The molecular formula is C18H18O2. The number of para-hydroxylation sites is 1. The Morgan fingerprint density at radius 2 is 1.85 bits per heavy atom. The lowest BCUT2D eigenvalue weighted by molar-refractivity contribution is 0.0921. The predicted octanol–water partition coefficient (Wildman–Crippen LogP) is 4.22. The van der Waals surface area contributed by atoms with Gasteiger partial charge in [0, 0.05) is 5.56 Å². The van der Waals surface area contributed by atoms with Gasteiger partial charge in [0.2, 0.25) is 0 Å². The fourth-order valence-electron chi connectivity index (χ4n) is 2.46. The van der Waals surface area contributed by atoms with Gasteiger partial charge in [-0.1, -0.05) is 42.8 Å². The van der Waals surface area contributed by atoms with Crippen molar-refractivity contribution in [2.45, 2.75) is 25.2 Å². The summed E-state index contributed by atoms with van der Waals surface area (Å²) in [5, 5.41) is 0. The highest BCUT2D eigenvalue weighted by Gasteiger charge is 2.20. The molecule has 20 heavy (non-hydrogen) atoms. The van der Waals surface area contributed by atoms with Crippen molar-refractivity contribution in [1.29, 1.82) is 0 Å². The summed E-state index contributed by atoms with van der Waals surface area (Å²) >= 11 is 0. The summed E-state index contributed by atoms with van der Waals surface area (Å²) in [7, 11) is 0. The number of ketones is 1. The zero-order valence-electron chi connectivity index (χ0n) is 11.4. The van der Waals surface area contributed by atoms with Crippen LogP contribution < -0.4 is 4.74 Å². The Kier molecular flexibility index (Phi) is 3.82. The summed E-state index contributed by atoms with van der Waals surface area (Å²) < 4.78 is 5.51. The first kappa shape index (κ1) is 12.9. The van der Waals surface area contributed by atoms with Crippen LogP contribution in [0.4, 0.5) is 0 Å². The molecule has 2 nitrogen and oxygen atoms in total. The minimum Gasteiger partial charge on any atom is -0.485 e. The maximum Gasteiger partial charge on any atom is 0.200 e. The van der Waals surface area contributed by atoms with Crippen molar-refractivity contribution >= 4 is 5.78 Å². The van der Waals surface area contributed by atoms with Gasteiger partial charge >= 0.3 is 0 Å². The third-order valence-electron chi connectivity index (χ3n) is 3.90. The van der Waals surface area contributed by atoms with Gasteiger partial charge in [-0.25, -0.2) is 0 Å². The van der Waals surface area contributed by atoms with Crippen LogP contribution in [0.25, 0.3) is 0 Å². The van der Waals surface area contributed by atoms with Gasteiger partial charge in [0.05, 0.1) is 0 Å². The Balaban J connectivity index is 1.64. The van der Waals surface area contributed by atoms with E-state index >= 15 is 0 Å². The first-order chi connectivity index (χ1) is 9.83. The highest BCUT2D eigenvalue weighted by Crippen LogP contribution is 2.36.